The average Bonchev–Trinajstić information content (AvgIpc) is 1.95. The van der Waals surface area contributed by atoms with Crippen molar-refractivity contribution in [2.75, 3.05) is 6.54 Å². The Morgan fingerprint density at radius 3 is 1.23 bits per heavy atom. The standard InChI is InChI=1S/C4H13NO7P2.5Na.3H2O.H/c5-3-1-2-4(6,13(7,8)9)14(10,11)12;;;;;;;;;/h6H,1-3,5H2,(H2,7,8,9)(H2,10,11,12);;;;;;3*1H2;/q;;4*+1;;;;/p-4. The minimum absolute atomic E-state index is 0. The van der Waals surface area contributed by atoms with Gasteiger partial charge in [0.1, 0.15) is 5.08 Å². The molecule has 0 aromatic rings. The number of rotatable bonds is 5. The number of nitrogens with two attached hydrogens (primary N) is 1. The summed E-state index contributed by atoms with van der Waals surface area (Å²) in [7, 11) is -11.9. The molecule has 0 heterocycles. The molecule has 0 bridgehead atoms. The van der Waals surface area contributed by atoms with E-state index in [2.05, 4.69) is 0 Å². The van der Waals surface area contributed by atoms with E-state index < -0.39 is 26.7 Å². The summed E-state index contributed by atoms with van der Waals surface area (Å²) in [6.07, 6.45) is -1.27. The van der Waals surface area contributed by atoms with Gasteiger partial charge in [-0.2, -0.15) is 0 Å². The molecule has 0 aliphatic carbocycles. The van der Waals surface area contributed by atoms with Crippen LogP contribution in [0.3, 0.4) is 0 Å². The molecule has 0 aliphatic heterocycles. The summed E-state index contributed by atoms with van der Waals surface area (Å²) in [5.41, 5.74) is 4.92. The van der Waals surface area contributed by atoms with Gasteiger partial charge >= 0.3 is 148 Å². The maximum absolute atomic E-state index is 10.4. The van der Waals surface area contributed by atoms with Crippen molar-refractivity contribution < 1.29 is 168 Å². The summed E-state index contributed by atoms with van der Waals surface area (Å²) in [5.74, 6) is 0. The first-order valence-corrected chi connectivity index (χ1v) is 6.61. The SMILES string of the molecule is NCCCC(O)(P(=O)([O-])[O-])P(=O)([O-])[O-].O.O.O.[Na+].[Na+].[Na+].[Na+].[NaH]. The van der Waals surface area contributed by atoms with Gasteiger partial charge in [-0.05, 0) is 34.6 Å². The molecule has 0 aliphatic rings. The first-order chi connectivity index (χ1) is 6.06. The summed E-state index contributed by atoms with van der Waals surface area (Å²) in [6, 6.07) is 0. The zero-order valence-corrected chi connectivity index (χ0v) is 22.3. The molecule has 0 spiro atoms. The van der Waals surface area contributed by atoms with Crippen LogP contribution in [0.4, 0.5) is 0 Å². The fraction of sp³-hybridized carbons (Fsp3) is 1.00. The van der Waals surface area contributed by atoms with Gasteiger partial charge in [-0.15, -0.1) is 0 Å². The second-order valence-electron chi connectivity index (χ2n) is 2.66. The number of hydrogen-bond acceptors (Lipinski definition) is 8. The molecule has 0 aromatic heterocycles. The van der Waals surface area contributed by atoms with Gasteiger partial charge in [0, 0.05) is 0 Å². The van der Waals surface area contributed by atoms with Crippen molar-refractivity contribution in [2.45, 2.75) is 17.9 Å². The van der Waals surface area contributed by atoms with Gasteiger partial charge in [-0.3, -0.25) is 0 Å². The van der Waals surface area contributed by atoms with Crippen LogP contribution in [0.1, 0.15) is 12.8 Å². The molecule has 0 unspecified atom stereocenters. The van der Waals surface area contributed by atoms with E-state index in [9.17, 15) is 28.7 Å². The van der Waals surface area contributed by atoms with E-state index in [1.807, 2.05) is 0 Å². The van der Waals surface area contributed by atoms with Crippen molar-refractivity contribution in [1.29, 1.82) is 0 Å². The Morgan fingerprint density at radius 1 is 0.864 bits per heavy atom. The van der Waals surface area contributed by atoms with Crippen LogP contribution in [0.25, 0.3) is 0 Å². The number of hydrogen-bond donors (Lipinski definition) is 2. The first kappa shape index (κ1) is 56.3. The van der Waals surface area contributed by atoms with E-state index in [0.29, 0.717) is 0 Å². The van der Waals surface area contributed by atoms with Crippen LogP contribution in [-0.2, 0) is 9.13 Å². The Balaban J connectivity index is -0.0000000302. The van der Waals surface area contributed by atoms with E-state index in [1.165, 1.54) is 0 Å². The van der Waals surface area contributed by atoms with Crippen LogP contribution >= 0.6 is 15.2 Å². The second kappa shape index (κ2) is 24.1. The fourth-order valence-corrected chi connectivity index (χ4v) is 2.83. The molecule has 0 radical (unpaired) electrons. The summed E-state index contributed by atoms with van der Waals surface area (Å²) < 4.78 is 20.8. The van der Waals surface area contributed by atoms with Gasteiger partial charge in [-0.1, -0.05) is 0 Å². The van der Waals surface area contributed by atoms with Crippen LogP contribution in [0.15, 0.2) is 0 Å². The van der Waals surface area contributed by atoms with Crippen LogP contribution < -0.4 is 144 Å². The molecule has 0 fully saturated rings. The molecule has 0 amide bonds. The first-order valence-electron chi connectivity index (χ1n) is 3.53. The molecule has 9 N–H and O–H groups in total. The summed E-state index contributed by atoms with van der Waals surface area (Å²) >= 11 is 0. The summed E-state index contributed by atoms with van der Waals surface area (Å²) in [5, 5.41) is 5.22. The van der Waals surface area contributed by atoms with Gasteiger partial charge in [0.05, 0.1) is 0 Å². The monoisotopic (exact) mass is 415 g/mol. The molecule has 0 saturated heterocycles. The molecule has 0 rings (SSSR count). The van der Waals surface area contributed by atoms with Crippen LogP contribution in [0, 0.1) is 0 Å². The van der Waals surface area contributed by atoms with Crippen LogP contribution in [0.5, 0.6) is 0 Å². The average molecular weight is 415 g/mol. The summed E-state index contributed by atoms with van der Waals surface area (Å²) in [4.78, 5) is 41.7. The third-order valence-electron chi connectivity index (χ3n) is 1.59. The van der Waals surface area contributed by atoms with Gasteiger partial charge in [0.25, 0.3) is 0 Å². The van der Waals surface area contributed by atoms with Crippen molar-refractivity contribution in [2.24, 2.45) is 5.73 Å². The molecule has 0 aromatic carbocycles. The van der Waals surface area contributed by atoms with Crippen molar-refractivity contribution in [1.82, 2.24) is 0 Å². The van der Waals surface area contributed by atoms with E-state index in [0.717, 1.165) is 0 Å². The molecule has 18 heteroatoms. The molecular weight excluding hydrogens is 399 g/mol. The van der Waals surface area contributed by atoms with Gasteiger partial charge in [0.15, 0.2) is 0 Å². The van der Waals surface area contributed by atoms with Crippen molar-refractivity contribution in [3.63, 3.8) is 0 Å². The number of aliphatic hydroxyl groups is 1. The third-order valence-corrected chi connectivity index (χ3v) is 5.26. The van der Waals surface area contributed by atoms with Crippen LogP contribution in [-0.4, -0.2) is 62.7 Å². The maximum atomic E-state index is 10.4. The third kappa shape index (κ3) is 18.5. The predicted octanol–water partition coefficient (Wildman–Crippen LogP) is -18.9. The minimum atomic E-state index is -5.93. The molecule has 112 valence electrons. The summed E-state index contributed by atoms with van der Waals surface area (Å²) in [6.45, 7) is -0.150. The van der Waals surface area contributed by atoms with Crippen molar-refractivity contribution in [3.8, 4) is 0 Å². The Hall–Kier alpha value is 5.10. The van der Waals surface area contributed by atoms with E-state index in [-0.39, 0.29) is 177 Å². The van der Waals surface area contributed by atoms with Gasteiger partial charge in [-0.25, -0.2) is 0 Å². The van der Waals surface area contributed by atoms with Crippen molar-refractivity contribution >= 4 is 44.7 Å². The van der Waals surface area contributed by atoms with E-state index in [1.54, 1.807) is 0 Å². The predicted molar refractivity (Wildman–Crippen MR) is 56.4 cm³/mol. The fourth-order valence-electron chi connectivity index (χ4n) is 0.763. The van der Waals surface area contributed by atoms with Crippen LogP contribution in [0.2, 0.25) is 0 Å². The normalized spacial score (nSPS) is 9.18. The van der Waals surface area contributed by atoms with Gasteiger partial charge < -0.3 is 56.0 Å². The Bertz CT molecular complexity index is 277. The quantitative estimate of drug-likeness (QED) is 0.320. The molecule has 0 atom stereocenters. The van der Waals surface area contributed by atoms with E-state index in [4.69, 9.17) is 10.8 Å². The van der Waals surface area contributed by atoms with Crippen molar-refractivity contribution in [3.05, 3.63) is 0 Å². The molecule has 0 saturated carbocycles. The molecular formula is C4H16NNa5O10P2. The Labute approximate surface area is 239 Å². The second-order valence-corrected chi connectivity index (χ2v) is 6.48. The zero-order valence-electron chi connectivity index (χ0n) is 12.5. The molecule has 22 heavy (non-hydrogen) atoms. The topological polar surface area (TPSA) is 267 Å². The Kier molecular flexibility index (Phi) is 61.8. The van der Waals surface area contributed by atoms with E-state index >= 15 is 0 Å². The Morgan fingerprint density at radius 2 is 1.09 bits per heavy atom. The molecule has 11 nitrogen and oxygen atoms in total. The van der Waals surface area contributed by atoms with Gasteiger partial charge in [0.2, 0.25) is 0 Å². The zero-order chi connectivity index (χ0) is 11.6.